The molecule has 0 amide bonds. The van der Waals surface area contributed by atoms with Crippen LogP contribution in [0, 0.1) is 14.9 Å². The third-order valence-electron chi connectivity index (χ3n) is 2.63. The van der Waals surface area contributed by atoms with E-state index in [1.165, 1.54) is 10.5 Å². The molecule has 1 nitrogen and oxygen atoms in total. The van der Waals surface area contributed by atoms with Crippen LogP contribution in [0.15, 0.2) is 52.3 Å². The molecule has 0 saturated carbocycles. The Morgan fingerprint density at radius 2 is 1.78 bits per heavy atom. The van der Waals surface area contributed by atoms with E-state index >= 15 is 0 Å². The van der Waals surface area contributed by atoms with Gasteiger partial charge in [0, 0.05) is 13.4 Å². The second kappa shape index (κ2) is 6.26. The Bertz CT molecular complexity index is 584. The van der Waals surface area contributed by atoms with Crippen LogP contribution >= 0.6 is 34.4 Å². The molecule has 2 rings (SSSR count). The third kappa shape index (κ3) is 3.27. The summed E-state index contributed by atoms with van der Waals surface area (Å²) in [6.45, 7) is 2.15. The van der Waals surface area contributed by atoms with Crippen molar-refractivity contribution < 1.29 is 0 Å². The minimum Gasteiger partial charge on any atom is -0.192 e. The van der Waals surface area contributed by atoms with Crippen LogP contribution in [0.2, 0.25) is 0 Å². The summed E-state index contributed by atoms with van der Waals surface area (Å²) in [5.41, 5.74) is 2.09. The van der Waals surface area contributed by atoms with Gasteiger partial charge in [-0.25, -0.2) is 0 Å². The SMILES string of the molecule is CCc1ccc(Sc2ccc(I)c(C#N)c2)cc1. The van der Waals surface area contributed by atoms with Gasteiger partial charge in [-0.05, 0) is 64.9 Å². The molecule has 0 aromatic heterocycles. The third-order valence-corrected chi connectivity index (χ3v) is 4.56. The summed E-state index contributed by atoms with van der Waals surface area (Å²) in [6.07, 6.45) is 1.06. The van der Waals surface area contributed by atoms with E-state index in [-0.39, 0.29) is 0 Å². The van der Waals surface area contributed by atoms with Crippen LogP contribution < -0.4 is 0 Å². The Kier molecular flexibility index (Phi) is 4.67. The lowest BCUT2D eigenvalue weighted by Gasteiger charge is -2.04. The lowest BCUT2D eigenvalue weighted by atomic mass is 10.2. The van der Waals surface area contributed by atoms with Crippen LogP contribution in [0.25, 0.3) is 0 Å². The summed E-state index contributed by atoms with van der Waals surface area (Å²) in [6, 6.07) is 16.8. The molecule has 0 aliphatic heterocycles. The molecule has 0 unspecified atom stereocenters. The van der Waals surface area contributed by atoms with E-state index < -0.39 is 0 Å². The van der Waals surface area contributed by atoms with Crippen LogP contribution in [0.3, 0.4) is 0 Å². The van der Waals surface area contributed by atoms with Gasteiger partial charge in [0.2, 0.25) is 0 Å². The second-order valence-electron chi connectivity index (χ2n) is 3.85. The average molecular weight is 365 g/mol. The minimum atomic E-state index is 0.741. The van der Waals surface area contributed by atoms with Gasteiger partial charge >= 0.3 is 0 Å². The Hall–Kier alpha value is -0.990. The second-order valence-corrected chi connectivity index (χ2v) is 6.16. The largest absolute Gasteiger partial charge is 0.192 e. The fourth-order valence-electron chi connectivity index (χ4n) is 1.58. The van der Waals surface area contributed by atoms with E-state index in [4.69, 9.17) is 5.26 Å². The lowest BCUT2D eigenvalue weighted by Crippen LogP contribution is -1.83. The van der Waals surface area contributed by atoms with Crippen molar-refractivity contribution in [1.82, 2.24) is 0 Å². The van der Waals surface area contributed by atoms with Gasteiger partial charge in [-0.15, -0.1) is 0 Å². The molecule has 2 aromatic rings. The molecule has 18 heavy (non-hydrogen) atoms. The number of halogens is 1. The van der Waals surface area contributed by atoms with Crippen molar-refractivity contribution in [3.8, 4) is 6.07 Å². The normalized spacial score (nSPS) is 10.1. The summed E-state index contributed by atoms with van der Waals surface area (Å²) < 4.78 is 1.00. The Morgan fingerprint density at radius 3 is 2.39 bits per heavy atom. The monoisotopic (exact) mass is 365 g/mol. The summed E-state index contributed by atoms with van der Waals surface area (Å²) in [5.74, 6) is 0. The molecule has 0 fully saturated rings. The summed E-state index contributed by atoms with van der Waals surface area (Å²) in [5, 5.41) is 9.01. The highest BCUT2D eigenvalue weighted by Crippen LogP contribution is 2.29. The molecule has 0 bridgehead atoms. The quantitative estimate of drug-likeness (QED) is 0.724. The van der Waals surface area contributed by atoms with Crippen molar-refractivity contribution in [2.24, 2.45) is 0 Å². The lowest BCUT2D eigenvalue weighted by molar-refractivity contribution is 1.13. The Labute approximate surface area is 125 Å². The fraction of sp³-hybridized carbons (Fsp3) is 0.133. The molecule has 0 N–H and O–H groups in total. The number of hydrogen-bond acceptors (Lipinski definition) is 2. The summed E-state index contributed by atoms with van der Waals surface area (Å²) in [4.78, 5) is 2.31. The van der Waals surface area contributed by atoms with E-state index in [2.05, 4.69) is 65.9 Å². The molecule has 0 atom stereocenters. The molecule has 3 heteroatoms. The van der Waals surface area contributed by atoms with Crippen molar-refractivity contribution in [2.75, 3.05) is 0 Å². The number of nitriles is 1. The van der Waals surface area contributed by atoms with Crippen molar-refractivity contribution in [1.29, 1.82) is 5.26 Å². The highest BCUT2D eigenvalue weighted by atomic mass is 127. The zero-order valence-electron chi connectivity index (χ0n) is 9.98. The van der Waals surface area contributed by atoms with Gasteiger partial charge in [-0.3, -0.25) is 0 Å². The first kappa shape index (κ1) is 13.4. The number of rotatable bonds is 3. The molecular weight excluding hydrogens is 353 g/mol. The number of nitrogens with zero attached hydrogens (tertiary/aromatic N) is 1. The molecule has 0 spiro atoms. The van der Waals surface area contributed by atoms with Crippen molar-refractivity contribution in [3.63, 3.8) is 0 Å². The predicted molar refractivity (Wildman–Crippen MR) is 83.8 cm³/mol. The Balaban J connectivity index is 2.20. The van der Waals surface area contributed by atoms with Crippen molar-refractivity contribution in [2.45, 2.75) is 23.1 Å². The van der Waals surface area contributed by atoms with Gasteiger partial charge in [0.05, 0.1) is 5.56 Å². The number of aryl methyl sites for hydroxylation is 1. The smallest absolute Gasteiger partial charge is 0.100 e. The zero-order valence-corrected chi connectivity index (χ0v) is 13.0. The maximum absolute atomic E-state index is 9.01. The maximum atomic E-state index is 9.01. The Morgan fingerprint density at radius 1 is 1.11 bits per heavy atom. The number of hydrogen-bond donors (Lipinski definition) is 0. The topological polar surface area (TPSA) is 23.8 Å². The first-order valence-electron chi connectivity index (χ1n) is 5.69. The van der Waals surface area contributed by atoms with Gasteiger partial charge in [-0.2, -0.15) is 5.26 Å². The van der Waals surface area contributed by atoms with Gasteiger partial charge in [0.25, 0.3) is 0 Å². The molecular formula is C15H12INS. The zero-order chi connectivity index (χ0) is 13.0. The first-order valence-corrected chi connectivity index (χ1v) is 7.59. The first-order chi connectivity index (χ1) is 8.72. The maximum Gasteiger partial charge on any atom is 0.100 e. The van der Waals surface area contributed by atoms with Crippen LogP contribution in [-0.2, 0) is 6.42 Å². The highest BCUT2D eigenvalue weighted by molar-refractivity contribution is 14.1. The van der Waals surface area contributed by atoms with Crippen molar-refractivity contribution in [3.05, 3.63) is 57.2 Å². The fourth-order valence-corrected chi connectivity index (χ4v) is 2.90. The number of benzene rings is 2. The van der Waals surface area contributed by atoms with E-state index in [0.29, 0.717) is 0 Å². The molecule has 0 saturated heterocycles. The van der Waals surface area contributed by atoms with Crippen LogP contribution in [0.1, 0.15) is 18.1 Å². The average Bonchev–Trinajstić information content (AvgIpc) is 2.42. The van der Waals surface area contributed by atoms with Gasteiger partial charge in [0.1, 0.15) is 6.07 Å². The highest BCUT2D eigenvalue weighted by Gasteiger charge is 2.02. The molecule has 2 aromatic carbocycles. The van der Waals surface area contributed by atoms with Crippen molar-refractivity contribution >= 4 is 34.4 Å². The minimum absolute atomic E-state index is 0.741. The van der Waals surface area contributed by atoms with E-state index in [9.17, 15) is 0 Å². The van der Waals surface area contributed by atoms with Crippen LogP contribution in [0.5, 0.6) is 0 Å². The standard InChI is InChI=1S/C15H12INS/c1-2-11-3-5-13(6-4-11)18-14-7-8-15(16)12(9-14)10-17/h3-9H,2H2,1H3. The van der Waals surface area contributed by atoms with Gasteiger partial charge in [0.15, 0.2) is 0 Å². The predicted octanol–water partition coefficient (Wildman–Crippen LogP) is 4.88. The molecule has 0 aliphatic rings. The molecule has 0 aliphatic carbocycles. The van der Waals surface area contributed by atoms with Crippen LogP contribution in [-0.4, -0.2) is 0 Å². The molecule has 0 radical (unpaired) electrons. The molecule has 0 heterocycles. The summed E-state index contributed by atoms with van der Waals surface area (Å²) in [7, 11) is 0. The van der Waals surface area contributed by atoms with E-state index in [1.807, 2.05) is 12.1 Å². The summed E-state index contributed by atoms with van der Waals surface area (Å²) >= 11 is 3.88. The molecule has 90 valence electrons. The van der Waals surface area contributed by atoms with Crippen LogP contribution in [0.4, 0.5) is 0 Å². The van der Waals surface area contributed by atoms with Gasteiger partial charge < -0.3 is 0 Å². The van der Waals surface area contributed by atoms with E-state index in [1.54, 1.807) is 11.8 Å². The van der Waals surface area contributed by atoms with E-state index in [0.717, 1.165) is 20.4 Å². The van der Waals surface area contributed by atoms with Gasteiger partial charge in [-0.1, -0.05) is 30.8 Å².